The fraction of sp³-hybridized carbons (Fsp3) is 0.233. The average Bonchev–Trinajstić information content (AvgIpc) is 2.96. The molecule has 0 spiro atoms. The normalized spacial score (nSPS) is 16.5. The van der Waals surface area contributed by atoms with Crippen molar-refractivity contribution in [3.8, 4) is 0 Å². The van der Waals surface area contributed by atoms with Crippen LogP contribution in [0.3, 0.4) is 0 Å². The number of fused-ring (bicyclic) bond motifs is 1. The van der Waals surface area contributed by atoms with Gasteiger partial charge in [0.1, 0.15) is 0 Å². The van der Waals surface area contributed by atoms with Crippen LogP contribution in [0, 0.1) is 5.92 Å². The summed E-state index contributed by atoms with van der Waals surface area (Å²) in [5.74, 6) is -2.14. The minimum atomic E-state index is -3.84. The molecule has 2 aliphatic rings. The quantitative estimate of drug-likeness (QED) is 0.417. The molecular weight excluding hydrogens is 596 g/mol. The van der Waals surface area contributed by atoms with Gasteiger partial charge in [0.25, 0.3) is 5.91 Å². The maximum absolute atomic E-state index is 13.8. The van der Waals surface area contributed by atoms with Crippen molar-refractivity contribution in [2.24, 2.45) is 5.92 Å². The van der Waals surface area contributed by atoms with E-state index < -0.39 is 27.8 Å². The Labute approximate surface area is 241 Å². The fourth-order valence-electron chi connectivity index (χ4n) is 5.29. The standard InChI is InChI=1S/C30H27BrN2O6S/c1-19(34)28-27(20-5-3-2-4-6-20)26-17-24(31)10-7-23(26)18-33(28)29(35)21-8-11-25(12-9-21)40(38,39)32-15-13-22(14-16-32)30(36)37/h2-12,17,22H,13-16,18H2,1H3,(H,36,37). The molecule has 0 aliphatic carbocycles. The molecule has 0 radical (unpaired) electrons. The van der Waals surface area contributed by atoms with E-state index in [-0.39, 0.29) is 54.4 Å². The van der Waals surface area contributed by atoms with Crippen molar-refractivity contribution in [3.63, 3.8) is 0 Å². The molecule has 3 aromatic rings. The minimum absolute atomic E-state index is 0.0268. The Hall–Kier alpha value is -3.60. The van der Waals surface area contributed by atoms with Crippen LogP contribution in [0.5, 0.6) is 0 Å². The summed E-state index contributed by atoms with van der Waals surface area (Å²) in [5.41, 5.74) is 3.73. The Morgan fingerprint density at radius 3 is 2.17 bits per heavy atom. The predicted octanol–water partition coefficient (Wildman–Crippen LogP) is 4.94. The highest BCUT2D eigenvalue weighted by atomic mass is 79.9. The first kappa shape index (κ1) is 27.9. The van der Waals surface area contributed by atoms with Gasteiger partial charge in [-0.2, -0.15) is 4.31 Å². The number of carboxylic acids is 1. The zero-order valence-electron chi connectivity index (χ0n) is 21.7. The number of halogens is 1. The molecule has 0 unspecified atom stereocenters. The van der Waals surface area contributed by atoms with Crippen LogP contribution >= 0.6 is 15.9 Å². The summed E-state index contributed by atoms with van der Waals surface area (Å²) in [6, 6.07) is 20.9. The van der Waals surface area contributed by atoms with Gasteiger partial charge in [-0.25, -0.2) is 8.42 Å². The lowest BCUT2D eigenvalue weighted by Crippen LogP contribution is -2.40. The predicted molar refractivity (Wildman–Crippen MR) is 153 cm³/mol. The first-order valence-corrected chi connectivity index (χ1v) is 15.1. The number of piperidine rings is 1. The maximum atomic E-state index is 13.8. The van der Waals surface area contributed by atoms with E-state index in [1.807, 2.05) is 48.5 Å². The van der Waals surface area contributed by atoms with Crippen molar-refractivity contribution < 1.29 is 27.9 Å². The molecule has 0 saturated carbocycles. The monoisotopic (exact) mass is 622 g/mol. The summed E-state index contributed by atoms with van der Waals surface area (Å²) < 4.78 is 28.5. The SMILES string of the molecule is CC(=O)C1=C(c2ccccc2)c2cc(Br)ccc2CN1C(=O)c1ccc(S(=O)(=O)N2CCC(C(=O)O)CC2)cc1. The first-order chi connectivity index (χ1) is 19.1. The number of rotatable bonds is 6. The summed E-state index contributed by atoms with van der Waals surface area (Å²) in [6.45, 7) is 1.87. The number of Topliss-reactive ketones (excluding diaryl/α,β-unsaturated/α-hetero) is 1. The Morgan fingerprint density at radius 1 is 0.925 bits per heavy atom. The highest BCUT2D eigenvalue weighted by Gasteiger charge is 2.34. The number of hydrogen-bond acceptors (Lipinski definition) is 5. The number of sulfonamides is 1. The summed E-state index contributed by atoms with van der Waals surface area (Å²) >= 11 is 3.52. The third-order valence-corrected chi connectivity index (χ3v) is 9.77. The molecule has 2 aliphatic heterocycles. The summed E-state index contributed by atoms with van der Waals surface area (Å²) in [4.78, 5) is 39.6. The number of nitrogens with zero attached hydrogens (tertiary/aromatic N) is 2. The maximum Gasteiger partial charge on any atom is 0.306 e. The third kappa shape index (κ3) is 5.26. The van der Waals surface area contributed by atoms with Gasteiger partial charge in [-0.05, 0) is 65.9 Å². The first-order valence-electron chi connectivity index (χ1n) is 12.8. The molecule has 10 heteroatoms. The summed E-state index contributed by atoms with van der Waals surface area (Å²) in [7, 11) is -3.84. The second-order valence-electron chi connectivity index (χ2n) is 9.88. The Bertz CT molecular complexity index is 1630. The van der Waals surface area contributed by atoms with E-state index >= 15 is 0 Å². The molecule has 0 bridgehead atoms. The molecule has 1 fully saturated rings. The van der Waals surface area contributed by atoms with Crippen molar-refractivity contribution in [2.75, 3.05) is 13.1 Å². The average molecular weight is 624 g/mol. The highest BCUT2D eigenvalue weighted by molar-refractivity contribution is 9.10. The number of aliphatic carboxylic acids is 1. The van der Waals surface area contributed by atoms with Crippen molar-refractivity contribution in [1.29, 1.82) is 0 Å². The largest absolute Gasteiger partial charge is 0.481 e. The van der Waals surface area contributed by atoms with Crippen molar-refractivity contribution in [1.82, 2.24) is 9.21 Å². The lowest BCUT2D eigenvalue weighted by Gasteiger charge is -2.33. The lowest BCUT2D eigenvalue weighted by molar-refractivity contribution is -0.142. The molecule has 1 amide bonds. The second-order valence-corrected chi connectivity index (χ2v) is 12.7. The Kier molecular flexibility index (Phi) is 7.76. The molecule has 0 aromatic heterocycles. The molecule has 5 rings (SSSR count). The van der Waals surface area contributed by atoms with Gasteiger partial charge in [-0.3, -0.25) is 19.3 Å². The van der Waals surface area contributed by atoms with Gasteiger partial charge in [0.2, 0.25) is 10.0 Å². The van der Waals surface area contributed by atoms with Crippen LogP contribution in [-0.4, -0.2) is 53.5 Å². The summed E-state index contributed by atoms with van der Waals surface area (Å²) in [5, 5.41) is 9.20. The number of carboxylic acid groups (broad SMARTS) is 1. The topological polar surface area (TPSA) is 112 Å². The number of benzene rings is 3. The molecule has 8 nitrogen and oxygen atoms in total. The molecule has 2 heterocycles. The van der Waals surface area contributed by atoms with Crippen LogP contribution in [0.4, 0.5) is 0 Å². The van der Waals surface area contributed by atoms with Crippen molar-refractivity contribution in [2.45, 2.75) is 31.2 Å². The molecule has 40 heavy (non-hydrogen) atoms. The van der Waals surface area contributed by atoms with Crippen LogP contribution < -0.4 is 0 Å². The van der Waals surface area contributed by atoms with E-state index in [2.05, 4.69) is 15.9 Å². The van der Waals surface area contributed by atoms with E-state index in [0.29, 0.717) is 5.57 Å². The van der Waals surface area contributed by atoms with Gasteiger partial charge in [-0.15, -0.1) is 0 Å². The van der Waals surface area contributed by atoms with E-state index in [9.17, 15) is 27.9 Å². The highest BCUT2D eigenvalue weighted by Crippen LogP contribution is 2.39. The van der Waals surface area contributed by atoms with Crippen LogP contribution in [-0.2, 0) is 26.2 Å². The Balaban J connectivity index is 1.49. The van der Waals surface area contributed by atoms with E-state index in [4.69, 9.17) is 0 Å². The second kappa shape index (κ2) is 11.1. The van der Waals surface area contributed by atoms with E-state index in [0.717, 1.165) is 21.2 Å². The van der Waals surface area contributed by atoms with Gasteiger partial charge in [-0.1, -0.05) is 52.3 Å². The van der Waals surface area contributed by atoms with E-state index in [1.165, 1.54) is 40.4 Å². The molecular formula is C30H27BrN2O6S. The van der Waals surface area contributed by atoms with Gasteiger partial charge in [0.05, 0.1) is 23.1 Å². The van der Waals surface area contributed by atoms with Crippen LogP contribution in [0.2, 0.25) is 0 Å². The number of carbonyl (C=O) groups is 3. The molecule has 206 valence electrons. The van der Waals surface area contributed by atoms with Gasteiger partial charge >= 0.3 is 5.97 Å². The van der Waals surface area contributed by atoms with Gasteiger partial charge in [0.15, 0.2) is 5.78 Å². The Morgan fingerprint density at radius 2 is 1.57 bits per heavy atom. The number of carbonyl (C=O) groups excluding carboxylic acids is 2. The number of ketones is 1. The number of allylic oxidation sites excluding steroid dienone is 1. The van der Waals surface area contributed by atoms with Crippen molar-refractivity contribution in [3.05, 3.63) is 105 Å². The minimum Gasteiger partial charge on any atom is -0.481 e. The smallest absolute Gasteiger partial charge is 0.306 e. The molecule has 1 N–H and O–H groups in total. The van der Waals surface area contributed by atoms with E-state index in [1.54, 1.807) is 0 Å². The third-order valence-electron chi connectivity index (χ3n) is 7.36. The fourth-order valence-corrected chi connectivity index (χ4v) is 7.12. The molecule has 3 aromatic carbocycles. The van der Waals surface area contributed by atoms with Crippen LogP contribution in [0.15, 0.2) is 87.9 Å². The zero-order chi connectivity index (χ0) is 28.6. The van der Waals surface area contributed by atoms with Crippen LogP contribution in [0.1, 0.15) is 46.8 Å². The van der Waals surface area contributed by atoms with Gasteiger partial charge in [0, 0.05) is 35.6 Å². The molecule has 1 saturated heterocycles. The zero-order valence-corrected chi connectivity index (χ0v) is 24.1. The van der Waals surface area contributed by atoms with Crippen molar-refractivity contribution >= 4 is 49.2 Å². The number of hydrogen-bond donors (Lipinski definition) is 1. The molecule has 0 atom stereocenters. The summed E-state index contributed by atoms with van der Waals surface area (Å²) in [6.07, 6.45) is 0.504. The van der Waals surface area contributed by atoms with Gasteiger partial charge < -0.3 is 5.11 Å². The number of amides is 1. The van der Waals surface area contributed by atoms with Crippen LogP contribution in [0.25, 0.3) is 5.57 Å². The lowest BCUT2D eigenvalue weighted by atomic mass is 9.87.